The lowest BCUT2D eigenvalue weighted by Gasteiger charge is -2.20. The fourth-order valence-electron chi connectivity index (χ4n) is 4.30. The average molecular weight is 367 g/mol. The van der Waals surface area contributed by atoms with Crippen LogP contribution in [0.4, 0.5) is 0 Å². The molecule has 1 aliphatic heterocycles. The Labute approximate surface area is 165 Å². The Kier molecular flexibility index (Phi) is 18.9. The van der Waals surface area contributed by atoms with Crippen molar-refractivity contribution in [2.75, 3.05) is 6.54 Å². The van der Waals surface area contributed by atoms with Crippen LogP contribution < -0.4 is 11.1 Å². The third-order valence-electron chi connectivity index (χ3n) is 5.94. The van der Waals surface area contributed by atoms with E-state index in [0.717, 1.165) is 17.9 Å². The van der Waals surface area contributed by atoms with Gasteiger partial charge in [0.2, 0.25) is 0 Å². The molecule has 26 heavy (non-hydrogen) atoms. The highest BCUT2D eigenvalue weighted by atomic mass is 14.9. The van der Waals surface area contributed by atoms with Gasteiger partial charge >= 0.3 is 0 Å². The molecule has 0 radical (unpaired) electrons. The fraction of sp³-hybridized carbons (Fsp3) is 0.917. The molecule has 3 N–H and O–H groups in total. The van der Waals surface area contributed by atoms with Gasteiger partial charge < -0.3 is 11.1 Å². The Morgan fingerprint density at radius 3 is 2.12 bits per heavy atom. The second kappa shape index (κ2) is 19.3. The highest BCUT2D eigenvalue weighted by molar-refractivity contribution is 4.72. The fourth-order valence-corrected chi connectivity index (χ4v) is 4.30. The van der Waals surface area contributed by atoms with Crippen molar-refractivity contribution in [2.45, 2.75) is 123 Å². The van der Waals surface area contributed by atoms with Crippen LogP contribution in [0.15, 0.2) is 12.8 Å². The van der Waals surface area contributed by atoms with Crippen LogP contribution in [0.1, 0.15) is 117 Å². The van der Waals surface area contributed by atoms with Gasteiger partial charge in [0.05, 0.1) is 0 Å². The molecule has 0 aromatic carbocycles. The molecule has 0 amide bonds. The lowest BCUT2D eigenvalue weighted by atomic mass is 9.86. The van der Waals surface area contributed by atoms with E-state index in [4.69, 9.17) is 0 Å². The van der Waals surface area contributed by atoms with Crippen LogP contribution >= 0.6 is 0 Å². The summed E-state index contributed by atoms with van der Waals surface area (Å²) in [5.41, 5.74) is 4.61. The summed E-state index contributed by atoms with van der Waals surface area (Å²) in [6.45, 7) is 11.3. The van der Waals surface area contributed by atoms with Crippen molar-refractivity contribution in [2.24, 2.45) is 17.6 Å². The molecular weight excluding hydrogens is 316 g/mol. The molecule has 1 saturated heterocycles. The molecule has 156 valence electrons. The highest BCUT2D eigenvalue weighted by Gasteiger charge is 2.14. The van der Waals surface area contributed by atoms with Crippen molar-refractivity contribution in [1.82, 2.24) is 5.32 Å². The van der Waals surface area contributed by atoms with Gasteiger partial charge in [0.1, 0.15) is 0 Å². The zero-order valence-electron chi connectivity index (χ0n) is 18.4. The number of nitrogens with two attached hydrogens (primary N) is 1. The molecule has 2 fully saturated rings. The zero-order valence-corrected chi connectivity index (χ0v) is 18.4. The smallest absolute Gasteiger partial charge is 0.00388 e. The Morgan fingerprint density at radius 1 is 0.846 bits per heavy atom. The van der Waals surface area contributed by atoms with Crippen molar-refractivity contribution in [1.29, 1.82) is 0 Å². The van der Waals surface area contributed by atoms with Crippen molar-refractivity contribution >= 4 is 0 Å². The molecule has 1 saturated carbocycles. The first-order valence-corrected chi connectivity index (χ1v) is 11.7. The molecule has 2 aliphatic rings. The minimum atomic E-state index is 0.760. The summed E-state index contributed by atoms with van der Waals surface area (Å²) in [5.74, 6) is 2.12. The standard InChI is InChI=1S/C13H27N.C9H18.C2H5N/c1-3-4-5-6-7-13-9-8-12(2)14-11-10-13;1-2-6-9-7-4-3-5-8-9;1-2-3/h12-14H,3-11H2,1-2H3;9H,2-8H2,1H3;2H,1,3H2. The monoisotopic (exact) mass is 366 g/mol. The topological polar surface area (TPSA) is 38.0 Å². The molecule has 1 heterocycles. The predicted molar refractivity (Wildman–Crippen MR) is 119 cm³/mol. The number of rotatable bonds is 7. The molecule has 2 heteroatoms. The normalized spacial score (nSPS) is 23.7. The van der Waals surface area contributed by atoms with E-state index in [0.29, 0.717) is 0 Å². The van der Waals surface area contributed by atoms with Gasteiger partial charge in [0.15, 0.2) is 0 Å². The van der Waals surface area contributed by atoms with Gasteiger partial charge in [-0.15, -0.1) is 0 Å². The molecule has 0 aromatic heterocycles. The summed E-state index contributed by atoms with van der Waals surface area (Å²) >= 11 is 0. The first kappa shape index (κ1) is 25.5. The van der Waals surface area contributed by atoms with Crippen LogP contribution in [0.3, 0.4) is 0 Å². The third kappa shape index (κ3) is 15.7. The Morgan fingerprint density at radius 2 is 1.50 bits per heavy atom. The van der Waals surface area contributed by atoms with Crippen molar-refractivity contribution in [3.63, 3.8) is 0 Å². The summed E-state index contributed by atoms with van der Waals surface area (Å²) in [6, 6.07) is 0.760. The minimum Gasteiger partial charge on any atom is -0.405 e. The van der Waals surface area contributed by atoms with Gasteiger partial charge in [-0.1, -0.05) is 97.5 Å². The molecule has 2 rings (SSSR count). The van der Waals surface area contributed by atoms with Gasteiger partial charge in [-0.3, -0.25) is 0 Å². The van der Waals surface area contributed by atoms with Crippen molar-refractivity contribution < 1.29 is 0 Å². The van der Waals surface area contributed by atoms with Crippen LogP contribution in [-0.4, -0.2) is 12.6 Å². The summed E-state index contributed by atoms with van der Waals surface area (Å²) < 4.78 is 0. The van der Waals surface area contributed by atoms with Gasteiger partial charge in [-0.05, 0) is 50.8 Å². The molecule has 1 aliphatic carbocycles. The lowest BCUT2D eigenvalue weighted by Crippen LogP contribution is -2.24. The highest BCUT2D eigenvalue weighted by Crippen LogP contribution is 2.26. The Hall–Kier alpha value is -0.500. The number of unbranched alkanes of at least 4 members (excludes halogenated alkanes) is 3. The first-order chi connectivity index (χ1) is 12.7. The molecular formula is C24H50N2. The van der Waals surface area contributed by atoms with Gasteiger partial charge in [-0.25, -0.2) is 0 Å². The number of hydrogen-bond acceptors (Lipinski definition) is 2. The molecule has 2 nitrogen and oxygen atoms in total. The van der Waals surface area contributed by atoms with E-state index in [1.165, 1.54) is 109 Å². The summed E-state index contributed by atoms with van der Waals surface area (Å²) in [6.07, 6.45) is 23.1. The van der Waals surface area contributed by atoms with E-state index in [1.54, 1.807) is 0 Å². The summed E-state index contributed by atoms with van der Waals surface area (Å²) in [7, 11) is 0. The maximum Gasteiger partial charge on any atom is 0.00388 e. The summed E-state index contributed by atoms with van der Waals surface area (Å²) in [4.78, 5) is 0. The largest absolute Gasteiger partial charge is 0.405 e. The third-order valence-corrected chi connectivity index (χ3v) is 5.94. The van der Waals surface area contributed by atoms with E-state index in [2.05, 4.69) is 38.4 Å². The first-order valence-electron chi connectivity index (χ1n) is 11.7. The van der Waals surface area contributed by atoms with Crippen LogP contribution in [0.5, 0.6) is 0 Å². The lowest BCUT2D eigenvalue weighted by molar-refractivity contribution is 0.336. The molecule has 2 unspecified atom stereocenters. The van der Waals surface area contributed by atoms with Crippen LogP contribution in [0.25, 0.3) is 0 Å². The van der Waals surface area contributed by atoms with Gasteiger partial charge in [-0.2, -0.15) is 0 Å². The van der Waals surface area contributed by atoms with Gasteiger partial charge in [0, 0.05) is 6.04 Å². The zero-order chi connectivity index (χ0) is 19.5. The maximum absolute atomic E-state index is 4.61. The molecule has 0 aromatic rings. The van der Waals surface area contributed by atoms with E-state index in [1.807, 2.05) is 0 Å². The SMILES string of the molecule is C=CN.CCCC1CCCCC1.CCCCCCC1CCNC(C)CC1. The van der Waals surface area contributed by atoms with E-state index in [-0.39, 0.29) is 0 Å². The second-order valence-corrected chi connectivity index (χ2v) is 8.46. The maximum atomic E-state index is 4.61. The molecule has 0 bridgehead atoms. The van der Waals surface area contributed by atoms with Crippen LogP contribution in [0, 0.1) is 11.8 Å². The van der Waals surface area contributed by atoms with Crippen LogP contribution in [0.2, 0.25) is 0 Å². The average Bonchev–Trinajstić information content (AvgIpc) is 2.86. The number of nitrogens with one attached hydrogen (secondary N) is 1. The number of hydrogen-bond donors (Lipinski definition) is 2. The van der Waals surface area contributed by atoms with Gasteiger partial charge in [0.25, 0.3) is 0 Å². The molecule has 0 spiro atoms. The quantitative estimate of drug-likeness (QED) is 0.468. The van der Waals surface area contributed by atoms with Crippen molar-refractivity contribution in [3.8, 4) is 0 Å². The summed E-state index contributed by atoms with van der Waals surface area (Å²) in [5, 5.41) is 3.58. The Balaban J connectivity index is 0.000000446. The molecule has 2 atom stereocenters. The second-order valence-electron chi connectivity index (χ2n) is 8.46. The van der Waals surface area contributed by atoms with Crippen LogP contribution in [-0.2, 0) is 0 Å². The predicted octanol–water partition coefficient (Wildman–Crippen LogP) is 7.19. The van der Waals surface area contributed by atoms with E-state index in [9.17, 15) is 0 Å². The van der Waals surface area contributed by atoms with E-state index < -0.39 is 0 Å². The van der Waals surface area contributed by atoms with Crippen molar-refractivity contribution in [3.05, 3.63) is 12.8 Å². The minimum absolute atomic E-state index is 0.760. The Bertz CT molecular complexity index is 281. The van der Waals surface area contributed by atoms with E-state index >= 15 is 0 Å².